The summed E-state index contributed by atoms with van der Waals surface area (Å²) in [4.78, 5) is 26.9. The van der Waals surface area contributed by atoms with Crippen LogP contribution in [0.1, 0.15) is 41.4 Å². The van der Waals surface area contributed by atoms with Crippen molar-refractivity contribution < 1.29 is 9.21 Å². The molecular weight excluding hydrogens is 328 g/mol. The number of para-hydroxylation sites is 1. The third-order valence-corrected chi connectivity index (χ3v) is 4.46. The number of carbonyl (C=O) groups is 1. The second-order valence-corrected chi connectivity index (χ2v) is 5.99. The first-order chi connectivity index (χ1) is 12.5. The van der Waals surface area contributed by atoms with Gasteiger partial charge in [0.2, 0.25) is 0 Å². The lowest BCUT2D eigenvalue weighted by molar-refractivity contribution is 0.0698. The van der Waals surface area contributed by atoms with E-state index in [9.17, 15) is 9.59 Å². The van der Waals surface area contributed by atoms with Gasteiger partial charge in [0.25, 0.3) is 5.91 Å². The van der Waals surface area contributed by atoms with Crippen LogP contribution < -0.4 is 5.63 Å². The highest BCUT2D eigenvalue weighted by atomic mass is 16.4. The zero-order chi connectivity index (χ0) is 18.7. The van der Waals surface area contributed by atoms with Crippen LogP contribution in [0.5, 0.6) is 0 Å². The predicted octanol–water partition coefficient (Wildman–Crippen LogP) is 3.89. The molecule has 0 aliphatic heterocycles. The average Bonchev–Trinajstić information content (AvgIpc) is 2.67. The lowest BCUT2D eigenvalue weighted by Crippen LogP contribution is -2.36. The Labute approximate surface area is 151 Å². The first-order valence-corrected chi connectivity index (χ1v) is 8.39. The number of nitrogens with zero attached hydrogens (tertiary/aromatic N) is 2. The van der Waals surface area contributed by atoms with E-state index < -0.39 is 5.63 Å². The molecule has 0 radical (unpaired) electrons. The minimum absolute atomic E-state index is 0.0195. The van der Waals surface area contributed by atoms with E-state index in [2.05, 4.69) is 6.07 Å². The van der Waals surface area contributed by atoms with E-state index >= 15 is 0 Å². The van der Waals surface area contributed by atoms with Crippen molar-refractivity contribution in [3.05, 3.63) is 81.7 Å². The van der Waals surface area contributed by atoms with Crippen molar-refractivity contribution in [3.63, 3.8) is 0 Å². The van der Waals surface area contributed by atoms with Gasteiger partial charge in [0.15, 0.2) is 0 Å². The molecule has 5 nitrogen and oxygen atoms in total. The van der Waals surface area contributed by atoms with Crippen LogP contribution >= 0.6 is 0 Å². The maximum atomic E-state index is 13.0. The van der Waals surface area contributed by atoms with Crippen molar-refractivity contribution in [1.82, 2.24) is 4.90 Å². The van der Waals surface area contributed by atoms with Crippen molar-refractivity contribution >= 4 is 16.9 Å². The molecule has 1 atom stereocenters. The van der Waals surface area contributed by atoms with Gasteiger partial charge >= 0.3 is 5.63 Å². The number of nitriles is 1. The third kappa shape index (κ3) is 3.22. The van der Waals surface area contributed by atoms with Crippen LogP contribution in [0.25, 0.3) is 11.0 Å². The average molecular weight is 346 g/mol. The second-order valence-electron chi connectivity index (χ2n) is 5.99. The quantitative estimate of drug-likeness (QED) is 0.672. The number of benzene rings is 2. The summed E-state index contributed by atoms with van der Waals surface area (Å²) in [5.41, 5.74) is 1.29. The fourth-order valence-corrected chi connectivity index (χ4v) is 2.98. The molecule has 1 heterocycles. The summed E-state index contributed by atoms with van der Waals surface area (Å²) in [6.07, 6.45) is 0. The summed E-state index contributed by atoms with van der Waals surface area (Å²) >= 11 is 0. The number of hydrogen-bond donors (Lipinski definition) is 0. The minimum Gasteiger partial charge on any atom is -0.422 e. The Kier molecular flexibility index (Phi) is 4.85. The lowest BCUT2D eigenvalue weighted by atomic mass is 10.0. The molecule has 0 bridgehead atoms. The highest BCUT2D eigenvalue weighted by molar-refractivity contribution is 5.96. The van der Waals surface area contributed by atoms with Crippen molar-refractivity contribution in [1.29, 1.82) is 5.26 Å². The Morgan fingerprint density at radius 3 is 2.54 bits per heavy atom. The van der Waals surface area contributed by atoms with Crippen molar-refractivity contribution in [2.75, 3.05) is 6.54 Å². The molecule has 0 fully saturated rings. The van der Waals surface area contributed by atoms with E-state index in [0.29, 0.717) is 23.1 Å². The van der Waals surface area contributed by atoms with Gasteiger partial charge in [-0.25, -0.2) is 4.79 Å². The molecule has 5 heteroatoms. The molecule has 0 spiro atoms. The van der Waals surface area contributed by atoms with Gasteiger partial charge in [-0.15, -0.1) is 0 Å². The van der Waals surface area contributed by atoms with Crippen LogP contribution in [0.15, 0.2) is 63.8 Å². The maximum absolute atomic E-state index is 13.0. The van der Waals surface area contributed by atoms with Crippen LogP contribution in [0, 0.1) is 11.3 Å². The molecule has 1 aromatic heterocycles. The molecule has 3 aromatic rings. The van der Waals surface area contributed by atoms with Crippen molar-refractivity contribution in [3.8, 4) is 6.07 Å². The Hall–Kier alpha value is -3.39. The molecule has 0 saturated heterocycles. The van der Waals surface area contributed by atoms with Gasteiger partial charge in [-0.3, -0.25) is 4.79 Å². The smallest absolute Gasteiger partial charge is 0.349 e. The summed E-state index contributed by atoms with van der Waals surface area (Å²) in [6.45, 7) is 4.19. The van der Waals surface area contributed by atoms with Crippen LogP contribution in [0.2, 0.25) is 0 Å². The molecule has 0 aliphatic rings. The molecule has 3 rings (SSSR count). The van der Waals surface area contributed by atoms with E-state index in [1.165, 1.54) is 0 Å². The molecule has 26 heavy (non-hydrogen) atoms. The zero-order valence-electron chi connectivity index (χ0n) is 14.6. The molecule has 0 saturated carbocycles. The van der Waals surface area contributed by atoms with Crippen LogP contribution in [0.4, 0.5) is 0 Å². The van der Waals surface area contributed by atoms with E-state index in [4.69, 9.17) is 9.68 Å². The van der Waals surface area contributed by atoms with E-state index in [1.807, 2.05) is 32.0 Å². The minimum atomic E-state index is -0.640. The van der Waals surface area contributed by atoms with Crippen molar-refractivity contribution in [2.45, 2.75) is 19.9 Å². The molecule has 2 aromatic carbocycles. The van der Waals surface area contributed by atoms with Gasteiger partial charge in [-0.05, 0) is 43.7 Å². The second kappa shape index (κ2) is 7.24. The Morgan fingerprint density at radius 1 is 1.19 bits per heavy atom. The SMILES string of the molecule is CCN(C(=O)c1cc2ccccc2oc1=O)C(C)c1ccc(C#N)cc1. The highest BCUT2D eigenvalue weighted by Crippen LogP contribution is 2.23. The number of hydrogen-bond acceptors (Lipinski definition) is 4. The largest absolute Gasteiger partial charge is 0.422 e. The molecular formula is C21H18N2O3. The fraction of sp³-hybridized carbons (Fsp3) is 0.190. The third-order valence-electron chi connectivity index (χ3n) is 4.46. The van der Waals surface area contributed by atoms with E-state index in [-0.39, 0.29) is 17.5 Å². The number of rotatable bonds is 4. The van der Waals surface area contributed by atoms with Crippen molar-refractivity contribution in [2.24, 2.45) is 0 Å². The normalized spacial score (nSPS) is 11.7. The standard InChI is InChI=1S/C21H18N2O3/c1-3-23(14(2)16-10-8-15(13-22)9-11-16)20(24)18-12-17-6-4-5-7-19(17)26-21(18)25/h4-12,14H,3H2,1-2H3. The highest BCUT2D eigenvalue weighted by Gasteiger charge is 2.24. The molecule has 0 N–H and O–H groups in total. The van der Waals surface area contributed by atoms with Gasteiger partial charge in [-0.2, -0.15) is 5.26 Å². The maximum Gasteiger partial charge on any atom is 0.349 e. The van der Waals surface area contributed by atoms with Crippen LogP contribution in [0.3, 0.4) is 0 Å². The summed E-state index contributed by atoms with van der Waals surface area (Å²) in [5, 5.41) is 9.62. The summed E-state index contributed by atoms with van der Waals surface area (Å²) in [7, 11) is 0. The number of carbonyl (C=O) groups excluding carboxylic acids is 1. The van der Waals surface area contributed by atoms with Gasteiger partial charge in [0.1, 0.15) is 11.1 Å². The number of fused-ring (bicyclic) bond motifs is 1. The zero-order valence-corrected chi connectivity index (χ0v) is 14.6. The fourth-order valence-electron chi connectivity index (χ4n) is 2.98. The number of amides is 1. The van der Waals surface area contributed by atoms with Crippen LogP contribution in [-0.4, -0.2) is 17.4 Å². The summed E-state index contributed by atoms with van der Waals surface area (Å²) < 4.78 is 5.29. The monoisotopic (exact) mass is 346 g/mol. The first kappa shape index (κ1) is 17.4. The van der Waals surface area contributed by atoms with Crippen LogP contribution in [-0.2, 0) is 0 Å². The Bertz CT molecular complexity index is 1050. The topological polar surface area (TPSA) is 74.3 Å². The first-order valence-electron chi connectivity index (χ1n) is 8.39. The summed E-state index contributed by atoms with van der Waals surface area (Å²) in [6, 6.07) is 17.6. The van der Waals surface area contributed by atoms with Gasteiger partial charge in [-0.1, -0.05) is 30.3 Å². The molecule has 1 unspecified atom stereocenters. The molecule has 0 aliphatic carbocycles. The van der Waals surface area contributed by atoms with Gasteiger partial charge in [0, 0.05) is 11.9 Å². The lowest BCUT2D eigenvalue weighted by Gasteiger charge is -2.28. The Balaban J connectivity index is 1.97. The van der Waals surface area contributed by atoms with Gasteiger partial charge in [0.05, 0.1) is 17.7 Å². The van der Waals surface area contributed by atoms with Gasteiger partial charge < -0.3 is 9.32 Å². The van der Waals surface area contributed by atoms with E-state index in [1.54, 1.807) is 41.3 Å². The molecule has 130 valence electrons. The molecule has 1 amide bonds. The Morgan fingerprint density at radius 2 is 1.88 bits per heavy atom. The van der Waals surface area contributed by atoms with E-state index in [0.717, 1.165) is 5.56 Å². The summed E-state index contributed by atoms with van der Waals surface area (Å²) in [5.74, 6) is -0.371. The predicted molar refractivity (Wildman–Crippen MR) is 98.8 cm³/mol.